The summed E-state index contributed by atoms with van der Waals surface area (Å²) < 4.78 is 37.7. The Hall–Kier alpha value is -0.780. The van der Waals surface area contributed by atoms with Gasteiger partial charge in [-0.15, -0.1) is 0 Å². The van der Waals surface area contributed by atoms with Crippen LogP contribution < -0.4 is 5.73 Å². The SMILES string of the molecule is CCCC[C@H](N)C(=O)N(CC(F)(F)F)C(CC)CC. The second-order valence-corrected chi connectivity index (χ2v) is 4.80. The fraction of sp³-hybridized carbons (Fsp3) is 0.923. The molecule has 0 unspecified atom stereocenters. The maximum absolute atomic E-state index is 12.6. The van der Waals surface area contributed by atoms with Crippen LogP contribution in [0.4, 0.5) is 13.2 Å². The van der Waals surface area contributed by atoms with Crippen molar-refractivity contribution < 1.29 is 18.0 Å². The monoisotopic (exact) mass is 282 g/mol. The van der Waals surface area contributed by atoms with Crippen LogP contribution in [0.25, 0.3) is 0 Å². The number of nitrogens with two attached hydrogens (primary N) is 1. The lowest BCUT2D eigenvalue weighted by Crippen LogP contribution is -2.51. The summed E-state index contributed by atoms with van der Waals surface area (Å²) in [4.78, 5) is 13.0. The largest absolute Gasteiger partial charge is 0.406 e. The number of halogens is 3. The Morgan fingerprint density at radius 3 is 2.11 bits per heavy atom. The third kappa shape index (κ3) is 6.80. The lowest BCUT2D eigenvalue weighted by atomic mass is 10.1. The van der Waals surface area contributed by atoms with Crippen LogP contribution in [-0.2, 0) is 4.79 Å². The molecule has 0 heterocycles. The molecular weight excluding hydrogens is 257 g/mol. The van der Waals surface area contributed by atoms with Crippen molar-refractivity contribution in [2.75, 3.05) is 6.54 Å². The first kappa shape index (κ1) is 18.2. The number of carbonyl (C=O) groups excluding carboxylic acids is 1. The van der Waals surface area contributed by atoms with Gasteiger partial charge >= 0.3 is 6.18 Å². The zero-order valence-electron chi connectivity index (χ0n) is 12.0. The molecule has 3 nitrogen and oxygen atoms in total. The topological polar surface area (TPSA) is 46.3 Å². The lowest BCUT2D eigenvalue weighted by molar-refractivity contribution is -0.167. The fourth-order valence-corrected chi connectivity index (χ4v) is 2.07. The fourth-order valence-electron chi connectivity index (χ4n) is 2.07. The van der Waals surface area contributed by atoms with Crippen molar-refractivity contribution in [3.05, 3.63) is 0 Å². The van der Waals surface area contributed by atoms with Crippen LogP contribution in [0.15, 0.2) is 0 Å². The van der Waals surface area contributed by atoms with Crippen LogP contribution in [0, 0.1) is 0 Å². The third-order valence-corrected chi connectivity index (χ3v) is 3.20. The Bertz CT molecular complexity index is 265. The first-order chi connectivity index (χ1) is 8.76. The average molecular weight is 282 g/mol. The molecule has 0 spiro atoms. The highest BCUT2D eigenvalue weighted by Gasteiger charge is 2.36. The highest BCUT2D eigenvalue weighted by Crippen LogP contribution is 2.21. The van der Waals surface area contributed by atoms with Crippen molar-refractivity contribution >= 4 is 5.91 Å². The van der Waals surface area contributed by atoms with Crippen LogP contribution in [0.1, 0.15) is 52.9 Å². The summed E-state index contributed by atoms with van der Waals surface area (Å²) in [5.41, 5.74) is 5.71. The molecule has 0 saturated heterocycles. The van der Waals surface area contributed by atoms with Crippen LogP contribution in [0.3, 0.4) is 0 Å². The number of hydrogen-bond acceptors (Lipinski definition) is 2. The Morgan fingerprint density at radius 2 is 1.74 bits per heavy atom. The lowest BCUT2D eigenvalue weighted by Gasteiger charge is -2.33. The van der Waals surface area contributed by atoms with E-state index in [2.05, 4.69) is 0 Å². The molecule has 1 atom stereocenters. The van der Waals surface area contributed by atoms with E-state index < -0.39 is 30.7 Å². The van der Waals surface area contributed by atoms with E-state index in [0.29, 0.717) is 19.3 Å². The molecule has 1 amide bonds. The van der Waals surface area contributed by atoms with E-state index >= 15 is 0 Å². The molecule has 19 heavy (non-hydrogen) atoms. The molecular formula is C13H25F3N2O. The Kier molecular flexibility index (Phi) is 8.06. The highest BCUT2D eigenvalue weighted by atomic mass is 19.4. The Morgan fingerprint density at radius 1 is 1.21 bits per heavy atom. The molecule has 0 aliphatic carbocycles. The normalized spacial score (nSPS) is 13.7. The predicted octanol–water partition coefficient (Wildman–Crippen LogP) is 3.08. The molecule has 0 bridgehead atoms. The molecule has 0 aliphatic heterocycles. The average Bonchev–Trinajstić information content (AvgIpc) is 2.33. The van der Waals surface area contributed by atoms with Gasteiger partial charge in [0, 0.05) is 6.04 Å². The standard InChI is InChI=1S/C13H25F3N2O/c1-4-7-8-11(17)12(19)18(9-13(14,15)16)10(5-2)6-3/h10-11H,4-9,17H2,1-3H3/t11-/m0/s1. The number of carbonyl (C=O) groups is 1. The molecule has 0 radical (unpaired) electrons. The highest BCUT2D eigenvalue weighted by molar-refractivity contribution is 5.82. The number of hydrogen-bond donors (Lipinski definition) is 1. The Balaban J connectivity index is 4.85. The van der Waals surface area contributed by atoms with E-state index in [1.165, 1.54) is 0 Å². The van der Waals surface area contributed by atoms with Crippen LogP contribution >= 0.6 is 0 Å². The van der Waals surface area contributed by atoms with Crippen molar-refractivity contribution in [2.24, 2.45) is 5.73 Å². The minimum Gasteiger partial charge on any atom is -0.329 e. The van der Waals surface area contributed by atoms with Gasteiger partial charge in [-0.1, -0.05) is 33.6 Å². The van der Waals surface area contributed by atoms with Gasteiger partial charge in [0.1, 0.15) is 6.54 Å². The zero-order chi connectivity index (χ0) is 15.1. The van der Waals surface area contributed by atoms with Crippen molar-refractivity contribution in [3.63, 3.8) is 0 Å². The van der Waals surface area contributed by atoms with Gasteiger partial charge < -0.3 is 10.6 Å². The van der Waals surface area contributed by atoms with Crippen LogP contribution in [0.2, 0.25) is 0 Å². The molecule has 0 aliphatic rings. The number of amides is 1. The zero-order valence-corrected chi connectivity index (χ0v) is 12.0. The smallest absolute Gasteiger partial charge is 0.329 e. The molecule has 6 heteroatoms. The van der Waals surface area contributed by atoms with Gasteiger partial charge in [-0.05, 0) is 19.3 Å². The van der Waals surface area contributed by atoms with E-state index in [1.807, 2.05) is 6.92 Å². The van der Waals surface area contributed by atoms with E-state index in [9.17, 15) is 18.0 Å². The van der Waals surface area contributed by atoms with Gasteiger partial charge in [0.25, 0.3) is 0 Å². The second kappa shape index (κ2) is 8.40. The van der Waals surface area contributed by atoms with Gasteiger partial charge in [0.05, 0.1) is 6.04 Å². The first-order valence-electron chi connectivity index (χ1n) is 6.89. The molecule has 0 aromatic carbocycles. The van der Waals surface area contributed by atoms with Crippen LogP contribution in [-0.4, -0.2) is 35.6 Å². The van der Waals surface area contributed by atoms with Gasteiger partial charge in [0.15, 0.2) is 0 Å². The summed E-state index contributed by atoms with van der Waals surface area (Å²) in [5.74, 6) is -0.584. The second-order valence-electron chi connectivity index (χ2n) is 4.80. The molecule has 0 fully saturated rings. The van der Waals surface area contributed by atoms with E-state index in [4.69, 9.17) is 5.73 Å². The van der Waals surface area contributed by atoms with E-state index in [-0.39, 0.29) is 0 Å². The maximum atomic E-state index is 12.6. The summed E-state index contributed by atoms with van der Waals surface area (Å²) in [6, 6.07) is -1.23. The van der Waals surface area contributed by atoms with Gasteiger partial charge in [-0.25, -0.2) is 0 Å². The van der Waals surface area contributed by atoms with Crippen LogP contribution in [0.5, 0.6) is 0 Å². The number of unbranched alkanes of at least 4 members (excludes halogenated alkanes) is 1. The quantitative estimate of drug-likeness (QED) is 0.743. The molecule has 0 saturated carbocycles. The van der Waals surface area contributed by atoms with Gasteiger partial charge in [0.2, 0.25) is 5.91 Å². The minimum atomic E-state index is -4.39. The van der Waals surface area contributed by atoms with Gasteiger partial charge in [-0.3, -0.25) is 4.79 Å². The summed E-state index contributed by atoms with van der Waals surface area (Å²) in [7, 11) is 0. The predicted molar refractivity (Wildman–Crippen MR) is 69.6 cm³/mol. The summed E-state index contributed by atoms with van der Waals surface area (Å²) in [5, 5.41) is 0. The van der Waals surface area contributed by atoms with Crippen molar-refractivity contribution in [1.82, 2.24) is 4.90 Å². The number of rotatable bonds is 8. The summed E-state index contributed by atoms with van der Waals surface area (Å²) >= 11 is 0. The minimum absolute atomic E-state index is 0.401. The summed E-state index contributed by atoms with van der Waals surface area (Å²) in [6.45, 7) is 4.30. The Labute approximate surface area is 113 Å². The summed E-state index contributed by atoms with van der Waals surface area (Å²) in [6.07, 6.45) is -1.34. The van der Waals surface area contributed by atoms with E-state index in [1.54, 1.807) is 13.8 Å². The molecule has 0 aromatic heterocycles. The molecule has 114 valence electrons. The van der Waals surface area contributed by atoms with E-state index in [0.717, 1.165) is 17.7 Å². The first-order valence-corrected chi connectivity index (χ1v) is 6.89. The maximum Gasteiger partial charge on any atom is 0.406 e. The number of nitrogens with zero attached hydrogens (tertiary/aromatic N) is 1. The van der Waals surface area contributed by atoms with Crippen molar-refractivity contribution in [1.29, 1.82) is 0 Å². The molecule has 2 N–H and O–H groups in total. The van der Waals surface area contributed by atoms with Crippen molar-refractivity contribution in [2.45, 2.75) is 71.1 Å². The molecule has 0 rings (SSSR count). The molecule has 0 aromatic rings. The van der Waals surface area contributed by atoms with Crippen molar-refractivity contribution in [3.8, 4) is 0 Å². The third-order valence-electron chi connectivity index (χ3n) is 3.20. The number of alkyl halides is 3. The van der Waals surface area contributed by atoms with Gasteiger partial charge in [-0.2, -0.15) is 13.2 Å².